The smallest absolute Gasteiger partial charge is 0.303 e. The predicted molar refractivity (Wildman–Crippen MR) is 50.3 cm³/mol. The maximum atomic E-state index is 10.8. The van der Waals surface area contributed by atoms with E-state index in [4.69, 9.17) is 19.3 Å². The van der Waals surface area contributed by atoms with Crippen LogP contribution in [-0.2, 0) is 19.0 Å². The van der Waals surface area contributed by atoms with Gasteiger partial charge in [-0.25, -0.2) is 0 Å². The summed E-state index contributed by atoms with van der Waals surface area (Å²) in [6.45, 7) is 0.703. The molecule has 0 aromatic heterocycles. The van der Waals surface area contributed by atoms with E-state index in [0.29, 0.717) is 0 Å². The fourth-order valence-electron chi connectivity index (χ4n) is 1.65. The summed E-state index contributed by atoms with van der Waals surface area (Å²) in [5.74, 6) is -0.621. The van der Waals surface area contributed by atoms with Gasteiger partial charge in [0.2, 0.25) is 0 Å². The first kappa shape index (κ1) is 13.3. The van der Waals surface area contributed by atoms with Gasteiger partial charge in [0.15, 0.2) is 12.4 Å². The molecule has 1 rings (SSSR count). The molecule has 0 amide bonds. The van der Waals surface area contributed by atoms with E-state index in [9.17, 15) is 15.0 Å². The third kappa shape index (κ3) is 2.69. The Bertz CT molecular complexity index is 244. The summed E-state index contributed by atoms with van der Waals surface area (Å²) in [6, 6.07) is 0. The SMILES string of the molecule is CO[C@H]1[C@H](O)[C@@H](CO)OC(O)[C@@H]1OC(C)=O. The van der Waals surface area contributed by atoms with Crippen LogP contribution in [0.2, 0.25) is 0 Å². The van der Waals surface area contributed by atoms with Gasteiger partial charge < -0.3 is 29.5 Å². The van der Waals surface area contributed by atoms with Gasteiger partial charge in [-0.15, -0.1) is 0 Å². The van der Waals surface area contributed by atoms with Crippen molar-refractivity contribution in [2.24, 2.45) is 0 Å². The van der Waals surface area contributed by atoms with Crippen LogP contribution in [0.3, 0.4) is 0 Å². The molecule has 1 aliphatic rings. The molecule has 0 aromatic carbocycles. The van der Waals surface area contributed by atoms with Crippen molar-refractivity contribution in [3.8, 4) is 0 Å². The number of carbonyl (C=O) groups excluding carboxylic acids is 1. The van der Waals surface area contributed by atoms with Crippen LogP contribution in [0.5, 0.6) is 0 Å². The van der Waals surface area contributed by atoms with Crippen LogP contribution in [0.1, 0.15) is 6.92 Å². The summed E-state index contributed by atoms with van der Waals surface area (Å²) < 4.78 is 14.6. The molecule has 1 heterocycles. The van der Waals surface area contributed by atoms with E-state index in [-0.39, 0.29) is 0 Å². The predicted octanol–water partition coefficient (Wildman–Crippen LogP) is -2.00. The zero-order valence-corrected chi connectivity index (χ0v) is 9.07. The van der Waals surface area contributed by atoms with Gasteiger partial charge >= 0.3 is 5.97 Å². The highest BCUT2D eigenvalue weighted by Crippen LogP contribution is 2.24. The van der Waals surface area contributed by atoms with E-state index in [1.165, 1.54) is 14.0 Å². The van der Waals surface area contributed by atoms with Gasteiger partial charge in [-0.2, -0.15) is 0 Å². The largest absolute Gasteiger partial charge is 0.454 e. The molecule has 16 heavy (non-hydrogen) atoms. The molecule has 94 valence electrons. The number of methoxy groups -OCH3 is 1. The molecule has 0 spiro atoms. The Hall–Kier alpha value is -0.730. The van der Waals surface area contributed by atoms with Gasteiger partial charge in [0.25, 0.3) is 0 Å². The Morgan fingerprint density at radius 3 is 2.44 bits per heavy atom. The number of aliphatic hydroxyl groups excluding tert-OH is 3. The topological polar surface area (TPSA) is 105 Å². The van der Waals surface area contributed by atoms with E-state index in [2.05, 4.69) is 0 Å². The third-order valence-corrected chi connectivity index (χ3v) is 2.39. The molecule has 0 aliphatic carbocycles. The Morgan fingerprint density at radius 1 is 1.38 bits per heavy atom. The summed E-state index contributed by atoms with van der Waals surface area (Å²) in [5, 5.41) is 28.2. The Labute approximate surface area is 92.5 Å². The lowest BCUT2D eigenvalue weighted by Crippen LogP contribution is -2.60. The van der Waals surface area contributed by atoms with E-state index < -0.39 is 43.3 Å². The molecule has 0 radical (unpaired) electrons. The van der Waals surface area contributed by atoms with Crippen LogP contribution in [-0.4, -0.2) is 65.7 Å². The minimum Gasteiger partial charge on any atom is -0.454 e. The molecule has 0 bridgehead atoms. The van der Waals surface area contributed by atoms with Crippen molar-refractivity contribution in [1.82, 2.24) is 0 Å². The molecule has 1 aliphatic heterocycles. The van der Waals surface area contributed by atoms with Gasteiger partial charge in [0, 0.05) is 14.0 Å². The highest BCUT2D eigenvalue weighted by atomic mass is 16.7. The number of rotatable bonds is 3. The van der Waals surface area contributed by atoms with Crippen LogP contribution < -0.4 is 0 Å². The zero-order valence-electron chi connectivity index (χ0n) is 9.07. The molecule has 1 unspecified atom stereocenters. The first-order valence-electron chi connectivity index (χ1n) is 4.83. The second-order valence-electron chi connectivity index (χ2n) is 3.51. The maximum absolute atomic E-state index is 10.8. The highest BCUT2D eigenvalue weighted by molar-refractivity contribution is 5.66. The van der Waals surface area contributed by atoms with Crippen molar-refractivity contribution in [2.45, 2.75) is 37.6 Å². The molecular formula is C9H16O7. The van der Waals surface area contributed by atoms with E-state index in [0.717, 1.165) is 0 Å². The van der Waals surface area contributed by atoms with Gasteiger partial charge in [0.05, 0.1) is 6.61 Å². The maximum Gasteiger partial charge on any atom is 0.303 e. The summed E-state index contributed by atoms with van der Waals surface area (Å²) in [6.07, 6.45) is -5.63. The minimum atomic E-state index is -1.44. The molecule has 0 saturated carbocycles. The minimum absolute atomic E-state index is 0.467. The van der Waals surface area contributed by atoms with Gasteiger partial charge in [-0.1, -0.05) is 0 Å². The first-order valence-corrected chi connectivity index (χ1v) is 4.83. The summed E-state index contributed by atoms with van der Waals surface area (Å²) >= 11 is 0. The Balaban J connectivity index is 2.78. The summed E-state index contributed by atoms with van der Waals surface area (Å²) in [7, 11) is 1.30. The standard InChI is InChI=1S/C9H16O7/c1-4(11)15-8-7(14-2)6(12)5(3-10)16-9(8)13/h5-10,12-13H,3H2,1-2H3/t5-,6-,7+,8-,9?/m1/s1. The number of esters is 1. The number of hydrogen-bond acceptors (Lipinski definition) is 7. The fraction of sp³-hybridized carbons (Fsp3) is 0.889. The molecule has 5 atom stereocenters. The highest BCUT2D eigenvalue weighted by Gasteiger charge is 2.46. The molecule has 7 heteroatoms. The van der Waals surface area contributed by atoms with Gasteiger partial charge in [-0.3, -0.25) is 4.79 Å². The molecule has 1 fully saturated rings. The van der Waals surface area contributed by atoms with Gasteiger partial charge in [0.1, 0.15) is 18.3 Å². The average molecular weight is 236 g/mol. The molecule has 3 N–H and O–H groups in total. The molecular weight excluding hydrogens is 220 g/mol. The van der Waals surface area contributed by atoms with Crippen LogP contribution in [0.15, 0.2) is 0 Å². The lowest BCUT2D eigenvalue weighted by Gasteiger charge is -2.40. The Morgan fingerprint density at radius 2 is 2.00 bits per heavy atom. The number of carbonyl (C=O) groups is 1. The normalized spacial score (nSPS) is 39.4. The lowest BCUT2D eigenvalue weighted by atomic mass is 9.99. The van der Waals surface area contributed by atoms with Crippen LogP contribution >= 0.6 is 0 Å². The van der Waals surface area contributed by atoms with Crippen molar-refractivity contribution >= 4 is 5.97 Å². The van der Waals surface area contributed by atoms with E-state index in [1.807, 2.05) is 0 Å². The van der Waals surface area contributed by atoms with Crippen LogP contribution in [0.25, 0.3) is 0 Å². The summed E-state index contributed by atoms with van der Waals surface area (Å²) in [4.78, 5) is 10.8. The number of aliphatic hydroxyl groups is 3. The average Bonchev–Trinajstić information content (AvgIpc) is 2.23. The number of ether oxygens (including phenoxy) is 3. The van der Waals surface area contributed by atoms with E-state index in [1.54, 1.807) is 0 Å². The quantitative estimate of drug-likeness (QED) is 0.487. The Kier molecular flexibility index (Phi) is 4.63. The zero-order chi connectivity index (χ0) is 12.3. The first-order chi connectivity index (χ1) is 7.51. The second-order valence-corrected chi connectivity index (χ2v) is 3.51. The van der Waals surface area contributed by atoms with Crippen molar-refractivity contribution in [2.75, 3.05) is 13.7 Å². The number of hydrogen-bond donors (Lipinski definition) is 3. The van der Waals surface area contributed by atoms with E-state index >= 15 is 0 Å². The van der Waals surface area contributed by atoms with Crippen molar-refractivity contribution in [3.05, 3.63) is 0 Å². The van der Waals surface area contributed by atoms with Gasteiger partial charge in [-0.05, 0) is 0 Å². The van der Waals surface area contributed by atoms with Crippen LogP contribution in [0.4, 0.5) is 0 Å². The van der Waals surface area contributed by atoms with Crippen molar-refractivity contribution in [1.29, 1.82) is 0 Å². The third-order valence-electron chi connectivity index (χ3n) is 2.39. The molecule has 1 saturated heterocycles. The lowest BCUT2D eigenvalue weighted by molar-refractivity contribution is -0.294. The van der Waals surface area contributed by atoms with Crippen LogP contribution in [0, 0.1) is 0 Å². The van der Waals surface area contributed by atoms with Crippen molar-refractivity contribution < 1.29 is 34.3 Å². The molecule has 0 aromatic rings. The summed E-state index contributed by atoms with van der Waals surface area (Å²) in [5.41, 5.74) is 0. The second kappa shape index (κ2) is 5.55. The fourth-order valence-corrected chi connectivity index (χ4v) is 1.65. The van der Waals surface area contributed by atoms with Crippen molar-refractivity contribution in [3.63, 3.8) is 0 Å². The monoisotopic (exact) mass is 236 g/mol. The molecule has 7 nitrogen and oxygen atoms in total.